The molecule has 0 aromatic heterocycles. The number of ether oxygens (including phenoxy) is 2. The van der Waals surface area contributed by atoms with Gasteiger partial charge in [0.15, 0.2) is 0 Å². The minimum Gasteiger partial charge on any atom is -0.496 e. The lowest BCUT2D eigenvalue weighted by Gasteiger charge is -2.29. The molecule has 2 aromatic carbocycles. The number of alkyl halides is 1. The molecule has 35 heavy (non-hydrogen) atoms. The first-order valence-electron chi connectivity index (χ1n) is 11.8. The van der Waals surface area contributed by atoms with Gasteiger partial charge in [0, 0.05) is 13.2 Å². The molecule has 1 heterocycles. The molecule has 4 rings (SSSR count). The van der Waals surface area contributed by atoms with Crippen molar-refractivity contribution in [1.82, 2.24) is 10.6 Å². The fourth-order valence-electron chi connectivity index (χ4n) is 4.86. The molecule has 1 aliphatic carbocycles. The van der Waals surface area contributed by atoms with Gasteiger partial charge >= 0.3 is 0 Å². The molecule has 3 N–H and O–H groups in total. The molecule has 0 bridgehead atoms. The van der Waals surface area contributed by atoms with Crippen LogP contribution in [0.3, 0.4) is 0 Å². The van der Waals surface area contributed by atoms with E-state index in [9.17, 15) is 23.5 Å². The lowest BCUT2D eigenvalue weighted by Crippen LogP contribution is -2.48. The third kappa shape index (κ3) is 5.46. The van der Waals surface area contributed by atoms with E-state index in [-0.39, 0.29) is 24.6 Å². The fourth-order valence-corrected chi connectivity index (χ4v) is 4.86. The van der Waals surface area contributed by atoms with E-state index in [4.69, 9.17) is 9.47 Å². The van der Waals surface area contributed by atoms with Gasteiger partial charge in [0.05, 0.1) is 37.0 Å². The predicted octanol–water partition coefficient (Wildman–Crippen LogP) is 2.49. The minimum atomic E-state index is -0.781. The van der Waals surface area contributed by atoms with Crippen molar-refractivity contribution in [2.75, 3.05) is 33.5 Å². The maximum absolute atomic E-state index is 14.7. The molecule has 188 valence electrons. The van der Waals surface area contributed by atoms with Crippen LogP contribution in [-0.2, 0) is 24.0 Å². The molecule has 2 aromatic rings. The Hall–Kier alpha value is -3.04. The first-order valence-corrected chi connectivity index (χ1v) is 11.8. The van der Waals surface area contributed by atoms with Crippen LogP contribution in [-0.4, -0.2) is 62.6 Å². The Kier molecular flexibility index (Phi) is 7.97. The highest BCUT2D eigenvalue weighted by Gasteiger charge is 2.29. The van der Waals surface area contributed by atoms with Crippen LogP contribution in [0.15, 0.2) is 24.3 Å². The van der Waals surface area contributed by atoms with E-state index in [0.717, 1.165) is 36.0 Å². The number of fused-ring (bicyclic) bond motifs is 1. The van der Waals surface area contributed by atoms with Crippen LogP contribution in [0.1, 0.15) is 55.8 Å². The Morgan fingerprint density at radius 1 is 1.17 bits per heavy atom. The second kappa shape index (κ2) is 11.1. The predicted molar refractivity (Wildman–Crippen MR) is 125 cm³/mol. The Morgan fingerprint density at radius 2 is 1.97 bits per heavy atom. The number of carbonyl (C=O) groups excluding carboxylic acids is 2. The van der Waals surface area contributed by atoms with E-state index in [0.29, 0.717) is 36.3 Å². The maximum Gasteiger partial charge on any atom is 0.255 e. The molecule has 2 atom stereocenters. The highest BCUT2D eigenvalue weighted by molar-refractivity contribution is 5.98. The zero-order valence-electron chi connectivity index (χ0n) is 19.7. The molecule has 2 amide bonds. The third-order valence-electron chi connectivity index (χ3n) is 6.59. The molecule has 0 spiro atoms. The van der Waals surface area contributed by atoms with Gasteiger partial charge in [0.1, 0.15) is 18.2 Å². The molecule has 9 heteroatoms. The summed E-state index contributed by atoms with van der Waals surface area (Å²) < 4.78 is 37.9. The summed E-state index contributed by atoms with van der Waals surface area (Å²) in [5, 5.41) is 15.4. The van der Waals surface area contributed by atoms with Crippen molar-refractivity contribution in [2.24, 2.45) is 0 Å². The normalized spacial score (nSPS) is 19.2. The van der Waals surface area contributed by atoms with Crippen molar-refractivity contribution in [3.05, 3.63) is 63.5 Å². The minimum absolute atomic E-state index is 0.141. The summed E-state index contributed by atoms with van der Waals surface area (Å²) in [7, 11) is 1.54. The van der Waals surface area contributed by atoms with Crippen molar-refractivity contribution in [1.29, 1.82) is 0 Å². The van der Waals surface area contributed by atoms with Crippen molar-refractivity contribution in [3.63, 3.8) is 0 Å². The van der Waals surface area contributed by atoms with Gasteiger partial charge in [-0.2, -0.15) is 0 Å². The van der Waals surface area contributed by atoms with Crippen LogP contribution in [0.2, 0.25) is 0 Å². The number of methoxy groups -OCH3 is 1. The first kappa shape index (κ1) is 25.1. The molecule has 1 aliphatic heterocycles. The van der Waals surface area contributed by atoms with Gasteiger partial charge in [-0.15, -0.1) is 0 Å². The van der Waals surface area contributed by atoms with E-state index >= 15 is 0 Å². The zero-order chi connectivity index (χ0) is 24.9. The number of hydrogen-bond acceptors (Lipinski definition) is 5. The number of aliphatic hydroxyl groups excluding tert-OH is 1. The first-order chi connectivity index (χ1) is 16.9. The lowest BCUT2D eigenvalue weighted by molar-refractivity contribution is -0.0261. The number of benzene rings is 2. The van der Waals surface area contributed by atoms with Crippen LogP contribution in [0, 0.1) is 5.82 Å². The average Bonchev–Trinajstić information content (AvgIpc) is 3.34. The molecule has 0 unspecified atom stereocenters. The van der Waals surface area contributed by atoms with Gasteiger partial charge < -0.3 is 25.2 Å². The lowest BCUT2D eigenvalue weighted by atomic mass is 9.92. The number of carbonyl (C=O) groups is 2. The number of rotatable bonds is 8. The molecule has 7 nitrogen and oxygen atoms in total. The molecular weight excluding hydrogens is 458 g/mol. The third-order valence-corrected chi connectivity index (χ3v) is 6.59. The fraction of sp³-hybridized carbons (Fsp3) is 0.462. The SMILES string of the molecule is COc1c(C(=O)N[C@H]2CCOC[C@@H]2O)cc(Cc2ccc(C(=O)NCCF)c(F)c2)c2c1CCC2. The van der Waals surface area contributed by atoms with Crippen molar-refractivity contribution < 1.29 is 33.0 Å². The largest absolute Gasteiger partial charge is 0.496 e. The van der Waals surface area contributed by atoms with Gasteiger partial charge in [-0.3, -0.25) is 9.59 Å². The Bertz CT molecular complexity index is 1110. The number of hydrogen-bond donors (Lipinski definition) is 3. The van der Waals surface area contributed by atoms with E-state index in [1.165, 1.54) is 19.2 Å². The van der Waals surface area contributed by atoms with Gasteiger partial charge in [0.2, 0.25) is 0 Å². The van der Waals surface area contributed by atoms with Crippen LogP contribution >= 0.6 is 0 Å². The van der Waals surface area contributed by atoms with Crippen LogP contribution in [0.25, 0.3) is 0 Å². The summed E-state index contributed by atoms with van der Waals surface area (Å²) in [5.74, 6) is -1.15. The van der Waals surface area contributed by atoms with E-state index < -0.39 is 30.5 Å². The van der Waals surface area contributed by atoms with Crippen LogP contribution < -0.4 is 15.4 Å². The smallest absolute Gasteiger partial charge is 0.255 e. The number of aliphatic hydroxyl groups is 1. The zero-order valence-corrected chi connectivity index (χ0v) is 19.7. The molecule has 0 radical (unpaired) electrons. The highest BCUT2D eigenvalue weighted by Crippen LogP contribution is 2.37. The molecule has 1 fully saturated rings. The van der Waals surface area contributed by atoms with E-state index in [2.05, 4.69) is 10.6 Å². The van der Waals surface area contributed by atoms with Crippen molar-refractivity contribution in [3.8, 4) is 5.75 Å². The maximum atomic E-state index is 14.7. The van der Waals surface area contributed by atoms with Gasteiger partial charge in [-0.25, -0.2) is 8.78 Å². The quantitative estimate of drug-likeness (QED) is 0.531. The van der Waals surface area contributed by atoms with Gasteiger partial charge in [-0.1, -0.05) is 6.07 Å². The standard InChI is InChI=1S/C26H30F2N2O5/c1-34-24-18-4-2-3-17(18)16(13-20(24)26(33)30-22-7-10-35-14-23(22)31)11-15-5-6-19(21(28)12-15)25(32)29-9-8-27/h5-6,12-13,22-23,31H,2-4,7-11,14H2,1H3,(H,29,32)(H,30,33)/t22-,23-/m0/s1. The van der Waals surface area contributed by atoms with Crippen LogP contribution in [0.4, 0.5) is 8.78 Å². The van der Waals surface area contributed by atoms with E-state index in [1.807, 2.05) is 0 Å². The topological polar surface area (TPSA) is 96.9 Å². The second-order valence-corrected chi connectivity index (χ2v) is 8.87. The number of nitrogens with one attached hydrogen (secondary N) is 2. The molecular formula is C26H30F2N2O5. The molecule has 1 saturated heterocycles. The Morgan fingerprint density at radius 3 is 2.69 bits per heavy atom. The Balaban J connectivity index is 1.62. The molecule has 0 saturated carbocycles. The summed E-state index contributed by atoms with van der Waals surface area (Å²) in [4.78, 5) is 25.3. The van der Waals surface area contributed by atoms with E-state index in [1.54, 1.807) is 12.1 Å². The van der Waals surface area contributed by atoms with Crippen molar-refractivity contribution in [2.45, 2.75) is 44.2 Å². The Labute approximate surface area is 202 Å². The highest BCUT2D eigenvalue weighted by atomic mass is 19.1. The summed E-state index contributed by atoms with van der Waals surface area (Å²) >= 11 is 0. The summed E-state index contributed by atoms with van der Waals surface area (Å²) in [5.41, 5.74) is 3.85. The van der Waals surface area contributed by atoms with Gasteiger partial charge in [0.25, 0.3) is 11.8 Å². The summed E-state index contributed by atoms with van der Waals surface area (Å²) in [6, 6.07) is 5.72. The van der Waals surface area contributed by atoms with Crippen molar-refractivity contribution >= 4 is 11.8 Å². The summed E-state index contributed by atoms with van der Waals surface area (Å²) in [6.45, 7) is -0.266. The number of halogens is 2. The average molecular weight is 489 g/mol. The van der Waals surface area contributed by atoms with Crippen LogP contribution in [0.5, 0.6) is 5.75 Å². The molecule has 2 aliphatic rings. The van der Waals surface area contributed by atoms with Gasteiger partial charge in [-0.05, 0) is 72.6 Å². The summed E-state index contributed by atoms with van der Waals surface area (Å²) in [6.07, 6.45) is 2.62. The number of amides is 2. The monoisotopic (exact) mass is 488 g/mol. The second-order valence-electron chi connectivity index (χ2n) is 8.87.